The SMILES string of the molecule is C=CCc1cc(C(=C/C)/C(=C\C)c2ccc(OC(C)=O)c(CC=C)c2)ccc1OC(C)=O. The summed E-state index contributed by atoms with van der Waals surface area (Å²) in [6, 6.07) is 11.6. The summed E-state index contributed by atoms with van der Waals surface area (Å²) in [5.74, 6) is 0.368. The number of carbonyl (C=O) groups excluding carboxylic acids is 2. The number of esters is 2. The Labute approximate surface area is 190 Å². The van der Waals surface area contributed by atoms with Gasteiger partial charge in [0.15, 0.2) is 0 Å². The monoisotopic (exact) mass is 430 g/mol. The predicted octanol–water partition coefficient (Wildman–Crippen LogP) is 6.50. The van der Waals surface area contributed by atoms with E-state index in [9.17, 15) is 9.59 Å². The summed E-state index contributed by atoms with van der Waals surface area (Å²) in [6.45, 7) is 14.4. The average Bonchev–Trinajstić information content (AvgIpc) is 2.74. The van der Waals surface area contributed by atoms with Crippen LogP contribution in [0.2, 0.25) is 0 Å². The molecule has 0 aliphatic carbocycles. The summed E-state index contributed by atoms with van der Waals surface area (Å²) in [7, 11) is 0. The number of rotatable bonds is 9. The van der Waals surface area contributed by atoms with E-state index in [2.05, 4.69) is 25.3 Å². The minimum Gasteiger partial charge on any atom is -0.426 e. The summed E-state index contributed by atoms with van der Waals surface area (Å²) >= 11 is 0. The number of carbonyl (C=O) groups is 2. The van der Waals surface area contributed by atoms with Crippen LogP contribution in [0.3, 0.4) is 0 Å². The van der Waals surface area contributed by atoms with Gasteiger partial charge in [-0.05, 0) is 84.4 Å². The smallest absolute Gasteiger partial charge is 0.308 e. The Morgan fingerprint density at radius 3 is 1.41 bits per heavy atom. The van der Waals surface area contributed by atoms with Gasteiger partial charge in [0.1, 0.15) is 11.5 Å². The Bertz CT molecular complexity index is 999. The Morgan fingerprint density at radius 2 is 1.12 bits per heavy atom. The molecule has 0 heterocycles. The fraction of sp³-hybridized carbons (Fsp3) is 0.214. The minimum absolute atomic E-state index is 0.355. The van der Waals surface area contributed by atoms with Gasteiger partial charge in [-0.1, -0.05) is 36.4 Å². The van der Waals surface area contributed by atoms with Crippen molar-refractivity contribution in [2.75, 3.05) is 0 Å². The number of ether oxygens (including phenoxy) is 2. The third-order valence-corrected chi connectivity index (χ3v) is 4.85. The van der Waals surface area contributed by atoms with Crippen LogP contribution in [0.4, 0.5) is 0 Å². The number of hydrogen-bond acceptors (Lipinski definition) is 4. The molecule has 2 rings (SSSR count). The summed E-state index contributed by atoms with van der Waals surface area (Å²) in [5.41, 5.74) is 5.86. The maximum Gasteiger partial charge on any atom is 0.308 e. The molecule has 0 atom stereocenters. The molecule has 0 aliphatic rings. The fourth-order valence-electron chi connectivity index (χ4n) is 3.59. The van der Waals surface area contributed by atoms with Gasteiger partial charge in [0.2, 0.25) is 0 Å². The van der Waals surface area contributed by atoms with Crippen molar-refractivity contribution in [3.8, 4) is 11.5 Å². The molecular formula is C28H30O4. The van der Waals surface area contributed by atoms with Gasteiger partial charge in [0, 0.05) is 13.8 Å². The number of hydrogen-bond donors (Lipinski definition) is 0. The highest BCUT2D eigenvalue weighted by molar-refractivity contribution is 6.05. The quantitative estimate of drug-likeness (QED) is 0.197. The maximum absolute atomic E-state index is 11.5. The Balaban J connectivity index is 2.53. The van der Waals surface area contributed by atoms with E-state index in [0.717, 1.165) is 33.4 Å². The van der Waals surface area contributed by atoms with E-state index in [0.29, 0.717) is 24.3 Å². The molecule has 0 N–H and O–H groups in total. The van der Waals surface area contributed by atoms with Crippen LogP contribution in [0.25, 0.3) is 11.1 Å². The van der Waals surface area contributed by atoms with Gasteiger partial charge in [-0.3, -0.25) is 9.59 Å². The third-order valence-electron chi connectivity index (χ3n) is 4.85. The van der Waals surface area contributed by atoms with E-state index >= 15 is 0 Å². The van der Waals surface area contributed by atoms with Gasteiger partial charge in [-0.2, -0.15) is 0 Å². The first-order chi connectivity index (χ1) is 15.3. The zero-order chi connectivity index (χ0) is 23.7. The molecule has 0 unspecified atom stereocenters. The zero-order valence-electron chi connectivity index (χ0n) is 19.2. The lowest BCUT2D eigenvalue weighted by Gasteiger charge is -2.17. The first kappa shape index (κ1) is 24.6. The standard InChI is InChI=1S/C28H30O4/c1-7-11-23-17-21(13-15-27(23)31-19(5)29)25(9-3)26(10-4)22-14-16-28(32-20(6)30)24(18-22)12-8-2/h7-10,13-18H,1-2,11-12H2,3-6H3/b25-9-,26-10-. The van der Waals surface area contributed by atoms with Crippen LogP contribution in [0.1, 0.15) is 49.9 Å². The topological polar surface area (TPSA) is 52.6 Å². The summed E-state index contributed by atoms with van der Waals surface area (Å²) in [5, 5.41) is 0. The van der Waals surface area contributed by atoms with Gasteiger partial charge < -0.3 is 9.47 Å². The molecule has 0 bridgehead atoms. The van der Waals surface area contributed by atoms with Gasteiger partial charge in [-0.25, -0.2) is 0 Å². The predicted molar refractivity (Wildman–Crippen MR) is 131 cm³/mol. The Hall–Kier alpha value is -3.66. The highest BCUT2D eigenvalue weighted by atomic mass is 16.5. The molecule has 0 spiro atoms. The van der Waals surface area contributed by atoms with Crippen molar-refractivity contribution in [1.82, 2.24) is 0 Å². The summed E-state index contributed by atoms with van der Waals surface area (Å²) < 4.78 is 10.7. The Kier molecular flexibility index (Phi) is 8.96. The molecule has 166 valence electrons. The summed E-state index contributed by atoms with van der Waals surface area (Å²) in [6.07, 6.45) is 8.85. The van der Waals surface area contributed by atoms with Gasteiger partial charge in [0.05, 0.1) is 0 Å². The van der Waals surface area contributed by atoms with E-state index in [1.54, 1.807) is 12.2 Å². The molecule has 2 aromatic rings. The van der Waals surface area contributed by atoms with Crippen molar-refractivity contribution in [3.63, 3.8) is 0 Å². The first-order valence-corrected chi connectivity index (χ1v) is 10.5. The van der Waals surface area contributed by atoms with E-state index in [4.69, 9.17) is 9.47 Å². The molecule has 0 aromatic heterocycles. The molecule has 32 heavy (non-hydrogen) atoms. The largest absolute Gasteiger partial charge is 0.426 e. The maximum atomic E-state index is 11.5. The van der Waals surface area contributed by atoms with Crippen LogP contribution in [0.15, 0.2) is 73.9 Å². The summed E-state index contributed by atoms with van der Waals surface area (Å²) in [4.78, 5) is 22.9. The molecule has 0 saturated carbocycles. The Morgan fingerprint density at radius 1 is 0.750 bits per heavy atom. The van der Waals surface area contributed by atoms with Crippen LogP contribution in [-0.4, -0.2) is 11.9 Å². The van der Waals surface area contributed by atoms with Crippen LogP contribution in [0.5, 0.6) is 11.5 Å². The highest BCUT2D eigenvalue weighted by Crippen LogP contribution is 2.36. The van der Waals surface area contributed by atoms with Gasteiger partial charge in [0.25, 0.3) is 0 Å². The average molecular weight is 431 g/mol. The van der Waals surface area contributed by atoms with Crippen molar-refractivity contribution in [2.24, 2.45) is 0 Å². The first-order valence-electron chi connectivity index (χ1n) is 10.5. The second-order valence-corrected chi connectivity index (χ2v) is 7.22. The molecule has 0 fully saturated rings. The van der Waals surface area contributed by atoms with Crippen molar-refractivity contribution in [3.05, 3.63) is 96.1 Å². The van der Waals surface area contributed by atoms with Crippen LogP contribution in [0, 0.1) is 0 Å². The molecular weight excluding hydrogens is 400 g/mol. The second kappa shape index (κ2) is 11.7. The van der Waals surface area contributed by atoms with Crippen molar-refractivity contribution in [1.29, 1.82) is 0 Å². The molecule has 4 nitrogen and oxygen atoms in total. The van der Waals surface area contributed by atoms with E-state index in [1.807, 2.05) is 50.2 Å². The van der Waals surface area contributed by atoms with Crippen molar-refractivity contribution >= 4 is 23.1 Å². The normalized spacial score (nSPS) is 11.6. The second-order valence-electron chi connectivity index (χ2n) is 7.22. The van der Waals surface area contributed by atoms with Crippen molar-refractivity contribution < 1.29 is 19.1 Å². The lowest BCUT2D eigenvalue weighted by atomic mass is 9.89. The number of benzene rings is 2. The number of allylic oxidation sites excluding steroid dienone is 6. The molecule has 0 radical (unpaired) electrons. The lowest BCUT2D eigenvalue weighted by molar-refractivity contribution is -0.132. The third kappa shape index (κ3) is 6.17. The molecule has 4 heteroatoms. The lowest BCUT2D eigenvalue weighted by Crippen LogP contribution is -2.05. The minimum atomic E-state index is -0.355. The van der Waals surface area contributed by atoms with Gasteiger partial charge in [-0.15, -0.1) is 13.2 Å². The van der Waals surface area contributed by atoms with Crippen molar-refractivity contribution in [2.45, 2.75) is 40.5 Å². The van der Waals surface area contributed by atoms with Crippen LogP contribution >= 0.6 is 0 Å². The fourth-order valence-corrected chi connectivity index (χ4v) is 3.59. The van der Waals surface area contributed by atoms with E-state index < -0.39 is 0 Å². The molecule has 0 saturated heterocycles. The highest BCUT2D eigenvalue weighted by Gasteiger charge is 2.15. The molecule has 0 aliphatic heterocycles. The van der Waals surface area contributed by atoms with Crippen LogP contribution in [-0.2, 0) is 22.4 Å². The van der Waals surface area contributed by atoms with Crippen LogP contribution < -0.4 is 9.47 Å². The van der Waals surface area contributed by atoms with Gasteiger partial charge >= 0.3 is 11.9 Å². The zero-order valence-corrected chi connectivity index (χ0v) is 19.2. The van der Waals surface area contributed by atoms with E-state index in [1.165, 1.54) is 13.8 Å². The molecule has 0 amide bonds. The van der Waals surface area contributed by atoms with E-state index in [-0.39, 0.29) is 11.9 Å². The molecule has 2 aromatic carbocycles.